The van der Waals surface area contributed by atoms with Crippen LogP contribution in [0.15, 0.2) is 23.6 Å². The molecule has 2 aromatic rings. The Morgan fingerprint density at radius 2 is 2.05 bits per heavy atom. The molecule has 1 unspecified atom stereocenters. The lowest BCUT2D eigenvalue weighted by Crippen LogP contribution is -2.25. The minimum absolute atomic E-state index is 0.0982. The lowest BCUT2D eigenvalue weighted by molar-refractivity contribution is 0.165. The number of thiazole rings is 1. The average Bonchev–Trinajstić information content (AvgIpc) is 2.80. The van der Waals surface area contributed by atoms with E-state index in [0.717, 1.165) is 29.3 Å². The van der Waals surface area contributed by atoms with Gasteiger partial charge in [-0.3, -0.25) is 0 Å². The fourth-order valence-electron chi connectivity index (χ4n) is 1.91. The third-order valence-corrected chi connectivity index (χ3v) is 3.72. The summed E-state index contributed by atoms with van der Waals surface area (Å²) in [6, 6.07) is 3.55. The first-order chi connectivity index (χ1) is 9.58. The molecule has 1 aromatic carbocycles. The highest BCUT2D eigenvalue weighted by atomic mass is 32.1. The predicted molar refractivity (Wildman–Crippen MR) is 74.7 cm³/mol. The van der Waals surface area contributed by atoms with E-state index < -0.39 is 17.7 Å². The molecule has 3 nitrogen and oxygen atoms in total. The Balaban J connectivity index is 1.82. The van der Waals surface area contributed by atoms with E-state index in [1.54, 1.807) is 11.3 Å². The van der Waals surface area contributed by atoms with Gasteiger partial charge in [-0.1, -0.05) is 6.07 Å². The number of halogens is 2. The Bertz CT molecular complexity index is 554. The fourth-order valence-corrected chi connectivity index (χ4v) is 2.56. The first-order valence-corrected chi connectivity index (χ1v) is 7.19. The van der Waals surface area contributed by atoms with Crippen LogP contribution in [0.1, 0.15) is 22.4 Å². The van der Waals surface area contributed by atoms with E-state index in [1.807, 2.05) is 12.3 Å². The molecule has 2 N–H and O–H groups in total. The molecular formula is C14H16F2N2OS. The first-order valence-electron chi connectivity index (χ1n) is 6.31. The maximum Gasteiger partial charge on any atom is 0.131 e. The number of rotatable bonds is 6. The third kappa shape index (κ3) is 3.82. The SMILES string of the molecule is Cc1nc(CCNCC(O)c2c(F)cccc2F)cs1. The van der Waals surface area contributed by atoms with Crippen LogP contribution < -0.4 is 5.32 Å². The number of nitrogens with one attached hydrogen (secondary N) is 1. The highest BCUT2D eigenvalue weighted by Crippen LogP contribution is 2.19. The molecule has 0 amide bonds. The molecule has 0 bridgehead atoms. The van der Waals surface area contributed by atoms with Crippen molar-refractivity contribution < 1.29 is 13.9 Å². The summed E-state index contributed by atoms with van der Waals surface area (Å²) in [5, 5.41) is 15.8. The lowest BCUT2D eigenvalue weighted by atomic mass is 10.1. The summed E-state index contributed by atoms with van der Waals surface area (Å²) in [6.07, 6.45) is -0.482. The van der Waals surface area contributed by atoms with Gasteiger partial charge >= 0.3 is 0 Å². The van der Waals surface area contributed by atoms with Crippen molar-refractivity contribution in [2.75, 3.05) is 13.1 Å². The Morgan fingerprint density at radius 3 is 2.65 bits per heavy atom. The molecule has 0 saturated heterocycles. The Kier molecular flexibility index (Phi) is 5.17. The molecule has 0 radical (unpaired) electrons. The van der Waals surface area contributed by atoms with Crippen molar-refractivity contribution in [2.24, 2.45) is 0 Å². The second-order valence-corrected chi connectivity index (χ2v) is 5.53. The van der Waals surface area contributed by atoms with Crippen LogP contribution in [-0.2, 0) is 6.42 Å². The molecule has 0 fully saturated rings. The number of aromatic nitrogens is 1. The summed E-state index contributed by atoms with van der Waals surface area (Å²) in [6.45, 7) is 2.63. The number of hydrogen-bond donors (Lipinski definition) is 2. The fraction of sp³-hybridized carbons (Fsp3) is 0.357. The molecule has 1 heterocycles. The van der Waals surface area contributed by atoms with Gasteiger partial charge in [0.15, 0.2) is 0 Å². The standard InChI is InChI=1S/C14H16F2N2OS/c1-9-18-10(8-20-9)5-6-17-7-13(19)14-11(15)3-2-4-12(14)16/h2-4,8,13,17,19H,5-7H2,1H3. The molecule has 0 spiro atoms. The highest BCUT2D eigenvalue weighted by molar-refractivity contribution is 7.09. The highest BCUT2D eigenvalue weighted by Gasteiger charge is 2.17. The average molecular weight is 298 g/mol. The van der Waals surface area contributed by atoms with E-state index in [0.29, 0.717) is 6.54 Å². The van der Waals surface area contributed by atoms with Gasteiger partial charge < -0.3 is 10.4 Å². The van der Waals surface area contributed by atoms with Crippen molar-refractivity contribution in [3.8, 4) is 0 Å². The molecule has 2 rings (SSSR count). The second-order valence-electron chi connectivity index (χ2n) is 4.46. The van der Waals surface area contributed by atoms with Crippen LogP contribution in [0.4, 0.5) is 8.78 Å². The van der Waals surface area contributed by atoms with Crippen LogP contribution in [0.25, 0.3) is 0 Å². The van der Waals surface area contributed by atoms with Crippen molar-refractivity contribution >= 4 is 11.3 Å². The normalized spacial score (nSPS) is 12.6. The van der Waals surface area contributed by atoms with Crippen LogP contribution in [-0.4, -0.2) is 23.2 Å². The number of aryl methyl sites for hydroxylation is 1. The Labute approximate surface area is 120 Å². The van der Waals surface area contributed by atoms with Crippen molar-refractivity contribution in [1.82, 2.24) is 10.3 Å². The molecule has 1 atom stereocenters. The maximum atomic E-state index is 13.4. The van der Waals surface area contributed by atoms with Crippen LogP contribution in [0, 0.1) is 18.6 Å². The van der Waals surface area contributed by atoms with E-state index in [2.05, 4.69) is 10.3 Å². The van der Waals surface area contributed by atoms with Crippen molar-refractivity contribution in [3.05, 3.63) is 51.5 Å². The Morgan fingerprint density at radius 1 is 1.35 bits per heavy atom. The van der Waals surface area contributed by atoms with Gasteiger partial charge in [0.05, 0.1) is 22.4 Å². The third-order valence-electron chi connectivity index (χ3n) is 2.90. The van der Waals surface area contributed by atoms with Gasteiger partial charge in [-0.05, 0) is 19.1 Å². The predicted octanol–water partition coefficient (Wildman–Crippen LogP) is 2.60. The Hall–Kier alpha value is -1.37. The smallest absolute Gasteiger partial charge is 0.131 e. The summed E-state index contributed by atoms with van der Waals surface area (Å²) < 4.78 is 26.9. The van der Waals surface area contributed by atoms with Gasteiger partial charge in [-0.15, -0.1) is 11.3 Å². The molecule has 20 heavy (non-hydrogen) atoms. The number of hydrogen-bond acceptors (Lipinski definition) is 4. The summed E-state index contributed by atoms with van der Waals surface area (Å²) in [5.41, 5.74) is 0.691. The molecular weight excluding hydrogens is 282 g/mol. The number of aliphatic hydroxyl groups is 1. The first kappa shape index (κ1) is 15.0. The molecule has 0 aliphatic carbocycles. The minimum Gasteiger partial charge on any atom is -0.387 e. The molecule has 108 valence electrons. The zero-order valence-electron chi connectivity index (χ0n) is 11.1. The van der Waals surface area contributed by atoms with E-state index in [1.165, 1.54) is 6.07 Å². The van der Waals surface area contributed by atoms with Crippen LogP contribution >= 0.6 is 11.3 Å². The number of benzene rings is 1. The van der Waals surface area contributed by atoms with Gasteiger partial charge in [0.2, 0.25) is 0 Å². The zero-order valence-corrected chi connectivity index (χ0v) is 11.9. The number of nitrogens with zero attached hydrogens (tertiary/aromatic N) is 1. The van der Waals surface area contributed by atoms with Crippen LogP contribution in [0.2, 0.25) is 0 Å². The summed E-state index contributed by atoms with van der Waals surface area (Å²) >= 11 is 1.58. The van der Waals surface area contributed by atoms with Gasteiger partial charge in [0.1, 0.15) is 11.6 Å². The van der Waals surface area contributed by atoms with E-state index >= 15 is 0 Å². The van der Waals surface area contributed by atoms with Crippen molar-refractivity contribution in [1.29, 1.82) is 0 Å². The molecule has 1 aromatic heterocycles. The van der Waals surface area contributed by atoms with Gasteiger partial charge in [-0.2, -0.15) is 0 Å². The van der Waals surface area contributed by atoms with Gasteiger partial charge in [0, 0.05) is 24.9 Å². The second kappa shape index (κ2) is 6.88. The van der Waals surface area contributed by atoms with Crippen LogP contribution in [0.3, 0.4) is 0 Å². The van der Waals surface area contributed by atoms with Crippen molar-refractivity contribution in [3.63, 3.8) is 0 Å². The summed E-state index contributed by atoms with van der Waals surface area (Å²) in [5.74, 6) is -1.45. The van der Waals surface area contributed by atoms with Gasteiger partial charge in [0.25, 0.3) is 0 Å². The van der Waals surface area contributed by atoms with Crippen molar-refractivity contribution in [2.45, 2.75) is 19.4 Å². The topological polar surface area (TPSA) is 45.2 Å². The molecule has 0 saturated carbocycles. The molecule has 6 heteroatoms. The summed E-state index contributed by atoms with van der Waals surface area (Å²) in [4.78, 5) is 4.31. The number of aliphatic hydroxyl groups excluding tert-OH is 1. The van der Waals surface area contributed by atoms with E-state index in [9.17, 15) is 13.9 Å². The van der Waals surface area contributed by atoms with E-state index in [4.69, 9.17) is 0 Å². The zero-order chi connectivity index (χ0) is 14.5. The molecule has 0 aliphatic heterocycles. The van der Waals surface area contributed by atoms with Crippen LogP contribution in [0.5, 0.6) is 0 Å². The quantitative estimate of drug-likeness (QED) is 0.806. The minimum atomic E-state index is -1.20. The molecule has 0 aliphatic rings. The van der Waals surface area contributed by atoms with Gasteiger partial charge in [-0.25, -0.2) is 13.8 Å². The largest absolute Gasteiger partial charge is 0.387 e. The monoisotopic (exact) mass is 298 g/mol. The lowest BCUT2D eigenvalue weighted by Gasteiger charge is -2.13. The summed E-state index contributed by atoms with van der Waals surface area (Å²) in [7, 11) is 0. The maximum absolute atomic E-state index is 13.4. The van der Waals surface area contributed by atoms with E-state index in [-0.39, 0.29) is 12.1 Å².